The van der Waals surface area contributed by atoms with Crippen LogP contribution in [-0.4, -0.2) is 19.1 Å². The van der Waals surface area contributed by atoms with Crippen LogP contribution in [0.15, 0.2) is 194 Å². The first-order chi connectivity index (χ1) is 27.7. The highest BCUT2D eigenvalue weighted by Crippen LogP contribution is 2.38. The molecule has 12 aromatic rings. The standard InChI is InChI=1S/C52H32N4/c1-3-13-41(14-4-1)55-48-21-17-36-29-43(48)44-30-37(18-22-49(44)55)38-19-23-50-45(31-38)46-32-39(20-24-51(46)56(50)42-15-5-2-6-16-42)47-25-26-53-52(54-47)40-12-8-11-35(28-40)33-9-7-10-34(36)27-33/h1-32H. The lowest BCUT2D eigenvalue weighted by Crippen LogP contribution is -1.93. The first kappa shape index (κ1) is 30.9. The number of hydrogen-bond acceptors (Lipinski definition) is 2. The van der Waals surface area contributed by atoms with E-state index in [2.05, 4.69) is 191 Å². The molecule has 0 N–H and O–H groups in total. The average Bonchev–Trinajstić information content (AvgIpc) is 3.78. The van der Waals surface area contributed by atoms with Crippen molar-refractivity contribution in [3.05, 3.63) is 194 Å². The smallest absolute Gasteiger partial charge is 0.159 e. The van der Waals surface area contributed by atoms with Gasteiger partial charge in [-0.25, -0.2) is 9.97 Å². The van der Waals surface area contributed by atoms with E-state index in [4.69, 9.17) is 9.97 Å². The molecule has 0 aliphatic rings. The topological polar surface area (TPSA) is 35.6 Å². The van der Waals surface area contributed by atoms with E-state index >= 15 is 0 Å². The van der Waals surface area contributed by atoms with Crippen LogP contribution in [0.5, 0.6) is 0 Å². The largest absolute Gasteiger partial charge is 0.309 e. The predicted octanol–water partition coefficient (Wildman–Crippen LogP) is 13.6. The van der Waals surface area contributed by atoms with Crippen LogP contribution < -0.4 is 0 Å². The Labute approximate surface area is 321 Å². The highest BCUT2D eigenvalue weighted by molar-refractivity contribution is 6.16. The molecule has 14 bridgehead atoms. The lowest BCUT2D eigenvalue weighted by molar-refractivity contribution is 1.18. The number of fused-ring (bicyclic) bond motifs is 15. The van der Waals surface area contributed by atoms with Crippen LogP contribution in [0.3, 0.4) is 0 Å². The third-order valence-electron chi connectivity index (χ3n) is 11.5. The molecule has 0 saturated carbocycles. The molecule has 12 rings (SSSR count). The first-order valence-electron chi connectivity index (χ1n) is 19.1. The van der Waals surface area contributed by atoms with Crippen LogP contribution in [0, 0.1) is 0 Å². The minimum atomic E-state index is 0.706. The molecule has 0 unspecified atom stereocenters. The Morgan fingerprint density at radius 1 is 0.304 bits per heavy atom. The summed E-state index contributed by atoms with van der Waals surface area (Å²) in [6, 6.07) is 68.3. The van der Waals surface area contributed by atoms with E-state index in [-0.39, 0.29) is 0 Å². The van der Waals surface area contributed by atoms with Crippen molar-refractivity contribution >= 4 is 97.9 Å². The molecule has 0 aliphatic carbocycles. The lowest BCUT2D eigenvalue weighted by Gasteiger charge is -2.08. The van der Waals surface area contributed by atoms with E-state index in [0.717, 1.165) is 44.0 Å². The van der Waals surface area contributed by atoms with Gasteiger partial charge in [0.2, 0.25) is 0 Å². The zero-order valence-electron chi connectivity index (χ0n) is 30.3. The van der Waals surface area contributed by atoms with Crippen molar-refractivity contribution in [2.45, 2.75) is 0 Å². The molecular formula is C52H32N4. The van der Waals surface area contributed by atoms with E-state index in [1.165, 1.54) is 59.6 Å². The number of para-hydroxylation sites is 2. The van der Waals surface area contributed by atoms with Gasteiger partial charge in [-0.3, -0.25) is 0 Å². The van der Waals surface area contributed by atoms with E-state index < -0.39 is 0 Å². The first-order valence-corrected chi connectivity index (χ1v) is 19.1. The summed E-state index contributed by atoms with van der Waals surface area (Å²) in [4.78, 5) is 9.92. The van der Waals surface area contributed by atoms with Crippen molar-refractivity contribution < 1.29 is 0 Å². The maximum Gasteiger partial charge on any atom is 0.159 e. The van der Waals surface area contributed by atoms with Gasteiger partial charge in [0.1, 0.15) is 0 Å². The highest BCUT2D eigenvalue weighted by Gasteiger charge is 2.15. The van der Waals surface area contributed by atoms with E-state index in [0.29, 0.717) is 5.65 Å². The molecule has 0 saturated heterocycles. The van der Waals surface area contributed by atoms with Gasteiger partial charge in [0.15, 0.2) is 5.65 Å². The maximum absolute atomic E-state index is 5.16. The molecule has 56 heavy (non-hydrogen) atoms. The Morgan fingerprint density at radius 3 is 1.18 bits per heavy atom. The Balaban J connectivity index is 1.27. The summed E-state index contributed by atoms with van der Waals surface area (Å²) in [5, 5.41) is 13.9. The summed E-state index contributed by atoms with van der Waals surface area (Å²) in [5.74, 6) is 0. The third-order valence-corrected chi connectivity index (χ3v) is 11.5. The number of benzene rings is 8. The van der Waals surface area contributed by atoms with E-state index in [9.17, 15) is 0 Å². The van der Waals surface area contributed by atoms with Gasteiger partial charge in [0.05, 0.1) is 27.6 Å². The lowest BCUT2D eigenvalue weighted by atomic mass is 10.0. The second-order valence-electron chi connectivity index (χ2n) is 14.7. The average molecular weight is 713 g/mol. The number of rotatable bonds is 2. The number of aromatic nitrogens is 4. The zero-order valence-corrected chi connectivity index (χ0v) is 30.3. The number of nitrogens with zero attached hydrogens (tertiary/aromatic N) is 4. The molecular weight excluding hydrogens is 681 g/mol. The molecule has 0 atom stereocenters. The van der Waals surface area contributed by atoms with Gasteiger partial charge in [-0.05, 0) is 123 Å². The van der Waals surface area contributed by atoms with Crippen LogP contribution in [0.25, 0.3) is 109 Å². The Morgan fingerprint density at radius 2 is 0.696 bits per heavy atom. The second kappa shape index (κ2) is 12.0. The summed E-state index contributed by atoms with van der Waals surface area (Å²) in [5.41, 5.74) is 8.57. The van der Waals surface area contributed by atoms with Gasteiger partial charge in [-0.1, -0.05) is 97.1 Å². The molecule has 8 aromatic carbocycles. The molecule has 0 fully saturated rings. The Hall–Kier alpha value is -7.56. The van der Waals surface area contributed by atoms with Gasteiger partial charge in [-0.2, -0.15) is 0 Å². The highest BCUT2D eigenvalue weighted by atomic mass is 15.0. The quantitative estimate of drug-likeness (QED) is 0.179. The zero-order chi connectivity index (χ0) is 36.7. The predicted molar refractivity (Wildman–Crippen MR) is 236 cm³/mol. The maximum atomic E-state index is 5.16. The van der Waals surface area contributed by atoms with Crippen LogP contribution in [0.1, 0.15) is 0 Å². The second-order valence-corrected chi connectivity index (χ2v) is 14.7. The molecule has 4 aromatic heterocycles. The van der Waals surface area contributed by atoms with Crippen molar-refractivity contribution in [1.29, 1.82) is 0 Å². The molecule has 0 radical (unpaired) electrons. The molecule has 4 heterocycles. The third kappa shape index (κ3) is 4.73. The van der Waals surface area contributed by atoms with Gasteiger partial charge in [0, 0.05) is 49.9 Å². The minimum absolute atomic E-state index is 0.706. The number of hydrogen-bond donors (Lipinski definition) is 0. The van der Waals surface area contributed by atoms with Crippen molar-refractivity contribution in [2.24, 2.45) is 0 Å². The van der Waals surface area contributed by atoms with Crippen LogP contribution >= 0.6 is 0 Å². The van der Waals surface area contributed by atoms with Crippen molar-refractivity contribution in [1.82, 2.24) is 19.1 Å². The van der Waals surface area contributed by atoms with E-state index in [1.54, 1.807) is 0 Å². The van der Waals surface area contributed by atoms with Gasteiger partial charge in [-0.15, -0.1) is 0 Å². The fourth-order valence-electron chi connectivity index (χ4n) is 8.83. The fourth-order valence-corrected chi connectivity index (χ4v) is 8.83. The van der Waals surface area contributed by atoms with E-state index in [1.807, 2.05) is 12.3 Å². The molecule has 0 aliphatic heterocycles. The van der Waals surface area contributed by atoms with Gasteiger partial charge in [0.25, 0.3) is 0 Å². The summed E-state index contributed by atoms with van der Waals surface area (Å²) in [6.45, 7) is 0. The SMILES string of the molecule is c1ccc(-n2c3ccc4cc3c3cc(ccc32)c2ccc3c(c2)c2cc(ccc2n3-c2ccccc2)c2ccnc(n2)c2cccc(c2)c2cccc4c2)cc1. The molecule has 0 amide bonds. The molecule has 4 nitrogen and oxygen atoms in total. The monoisotopic (exact) mass is 712 g/mol. The van der Waals surface area contributed by atoms with Crippen LogP contribution in [0.4, 0.5) is 0 Å². The fraction of sp³-hybridized carbons (Fsp3) is 0. The Bertz CT molecular complexity index is 3400. The summed E-state index contributed by atoms with van der Waals surface area (Å²) in [7, 11) is 0. The molecule has 4 heteroatoms. The minimum Gasteiger partial charge on any atom is -0.309 e. The summed E-state index contributed by atoms with van der Waals surface area (Å²) in [6.07, 6.45) is 1.88. The molecule has 260 valence electrons. The summed E-state index contributed by atoms with van der Waals surface area (Å²) < 4.78 is 4.77. The van der Waals surface area contributed by atoms with Crippen LogP contribution in [-0.2, 0) is 0 Å². The summed E-state index contributed by atoms with van der Waals surface area (Å²) >= 11 is 0. The Kier molecular flexibility index (Phi) is 6.60. The van der Waals surface area contributed by atoms with Gasteiger partial charge >= 0.3 is 0 Å². The van der Waals surface area contributed by atoms with Crippen molar-refractivity contribution in [3.63, 3.8) is 0 Å². The van der Waals surface area contributed by atoms with Crippen LogP contribution in [0.2, 0.25) is 0 Å². The van der Waals surface area contributed by atoms with Crippen molar-refractivity contribution in [3.8, 4) is 11.4 Å². The normalized spacial score (nSPS) is 11.9. The molecule has 0 spiro atoms. The van der Waals surface area contributed by atoms with Crippen molar-refractivity contribution in [2.75, 3.05) is 0 Å². The van der Waals surface area contributed by atoms with Gasteiger partial charge < -0.3 is 9.13 Å².